The molecule has 4 aliphatic rings. The van der Waals surface area contributed by atoms with Crippen LogP contribution in [0, 0.1) is 40.4 Å². The molecule has 3 aliphatic carbocycles. The fourth-order valence-corrected chi connectivity index (χ4v) is 12.3. The van der Waals surface area contributed by atoms with Crippen molar-refractivity contribution in [3.8, 4) is 28.4 Å². The Morgan fingerprint density at radius 2 is 1.11 bits per heavy atom. The van der Waals surface area contributed by atoms with Crippen molar-refractivity contribution in [3.63, 3.8) is 0 Å². The number of rotatable bonds is 28. The van der Waals surface area contributed by atoms with Crippen LogP contribution in [0.5, 0.6) is 17.2 Å². The third-order valence-corrected chi connectivity index (χ3v) is 20.0. The lowest BCUT2D eigenvalue weighted by Gasteiger charge is -2.34. The van der Waals surface area contributed by atoms with E-state index in [4.69, 9.17) is 52.1 Å². The van der Waals surface area contributed by atoms with Gasteiger partial charge in [0.15, 0.2) is 12.0 Å². The number of fused-ring (bicyclic) bond motifs is 1. The largest absolute Gasteiger partial charge is 0.507 e. The van der Waals surface area contributed by atoms with Crippen LogP contribution in [-0.4, -0.2) is 104 Å². The SMILES string of the molecule is C.C.C.C.C.C.CCC(C)(C)C(=O)OC1C2CC3C1OC(=O)C3(C(=O)OCc1cc(C)cc(CO)c1O)C2.CCC(C)(C)C(=O)OCC(=O)Oc1c(C(C)OC)cc(C(C)(C)C)cc1C(C)OC.CCOCc1cc(-c2ccccc2)cc(COCC)c1OC1CCCCC1OC(=O)C(C)(C)CC. The van der Waals surface area contributed by atoms with E-state index in [9.17, 15) is 39.0 Å². The Labute approximate surface area is 619 Å². The molecule has 584 valence electrons. The Hall–Kier alpha value is -6.90. The molecule has 4 fully saturated rings. The van der Waals surface area contributed by atoms with Gasteiger partial charge in [-0.3, -0.25) is 24.0 Å². The first-order chi connectivity index (χ1) is 45.7. The third-order valence-electron chi connectivity index (χ3n) is 20.0. The number of aliphatic hydroxyl groups is 1. The molecule has 19 nitrogen and oxygen atoms in total. The molecule has 4 aromatic rings. The minimum atomic E-state index is -1.39. The number of hydrogen-bond acceptors (Lipinski definition) is 19. The lowest BCUT2D eigenvalue weighted by molar-refractivity contribution is -0.170. The Balaban J connectivity index is 0.00000148. The smallest absolute Gasteiger partial charge is 0.349 e. The van der Waals surface area contributed by atoms with Gasteiger partial charge in [0.25, 0.3) is 0 Å². The molecule has 0 radical (unpaired) electrons. The molecule has 0 spiro atoms. The van der Waals surface area contributed by atoms with Gasteiger partial charge < -0.3 is 62.3 Å². The van der Waals surface area contributed by atoms with Crippen LogP contribution in [0.15, 0.2) is 66.7 Å². The number of esters is 6. The van der Waals surface area contributed by atoms with Crippen LogP contribution in [0.2, 0.25) is 0 Å². The van der Waals surface area contributed by atoms with E-state index in [1.165, 1.54) is 0 Å². The van der Waals surface area contributed by atoms with Crippen LogP contribution in [0.3, 0.4) is 0 Å². The van der Waals surface area contributed by atoms with Gasteiger partial charge in [-0.1, -0.05) is 128 Å². The molecule has 0 amide bonds. The van der Waals surface area contributed by atoms with Crippen molar-refractivity contribution in [1.29, 1.82) is 0 Å². The zero-order valence-electron chi connectivity index (χ0n) is 61.1. The van der Waals surface area contributed by atoms with Gasteiger partial charge in [-0.15, -0.1) is 0 Å². The highest BCUT2D eigenvalue weighted by Crippen LogP contribution is 2.63. The molecule has 2 bridgehead atoms. The molecule has 1 aliphatic heterocycles. The van der Waals surface area contributed by atoms with E-state index in [1.807, 2.05) is 106 Å². The molecule has 4 aromatic carbocycles. The summed E-state index contributed by atoms with van der Waals surface area (Å²) >= 11 is 0. The predicted molar refractivity (Wildman–Crippen MR) is 407 cm³/mol. The molecule has 19 heteroatoms. The van der Waals surface area contributed by atoms with Gasteiger partial charge in [0, 0.05) is 72.6 Å². The number of benzene rings is 4. The maximum Gasteiger partial charge on any atom is 0.349 e. The highest BCUT2D eigenvalue weighted by Gasteiger charge is 2.75. The van der Waals surface area contributed by atoms with E-state index < -0.39 is 70.3 Å². The van der Waals surface area contributed by atoms with Crippen molar-refractivity contribution in [3.05, 3.63) is 111 Å². The van der Waals surface area contributed by atoms with E-state index in [1.54, 1.807) is 47.1 Å². The van der Waals surface area contributed by atoms with Gasteiger partial charge >= 0.3 is 35.8 Å². The normalized spacial score (nSPS) is 19.8. The van der Waals surface area contributed by atoms with E-state index in [2.05, 4.69) is 45.0 Å². The summed E-state index contributed by atoms with van der Waals surface area (Å²) in [5.41, 5.74) is 5.02. The number of methoxy groups -OCH3 is 2. The van der Waals surface area contributed by atoms with Gasteiger partial charge in [0.05, 0.1) is 48.3 Å². The van der Waals surface area contributed by atoms with Gasteiger partial charge in [0.1, 0.15) is 48.3 Å². The maximum absolute atomic E-state index is 13.1. The van der Waals surface area contributed by atoms with Crippen LogP contribution in [0.4, 0.5) is 0 Å². The Bertz CT molecular complexity index is 3280. The molecule has 9 unspecified atom stereocenters. The highest BCUT2D eigenvalue weighted by atomic mass is 16.6. The van der Waals surface area contributed by atoms with E-state index >= 15 is 0 Å². The fraction of sp³-hybridized carbons (Fsp3) is 0.643. The second-order valence-corrected chi connectivity index (χ2v) is 29.1. The van der Waals surface area contributed by atoms with Crippen molar-refractivity contribution in [2.45, 2.75) is 289 Å². The van der Waals surface area contributed by atoms with Crippen LogP contribution >= 0.6 is 0 Å². The molecule has 8 rings (SSSR count). The molecule has 0 aromatic heterocycles. The number of hydrogen-bond donors (Lipinski definition) is 2. The third kappa shape index (κ3) is 23.3. The van der Waals surface area contributed by atoms with Crippen molar-refractivity contribution in [2.75, 3.05) is 34.0 Å². The highest BCUT2D eigenvalue weighted by molar-refractivity contribution is 6.03. The van der Waals surface area contributed by atoms with Gasteiger partial charge in [-0.05, 0) is 186 Å². The van der Waals surface area contributed by atoms with Gasteiger partial charge in [-0.25, -0.2) is 4.79 Å². The number of carbonyl (C=O) groups excluding carboxylic acids is 6. The quantitative estimate of drug-likeness (QED) is 0.0232. The summed E-state index contributed by atoms with van der Waals surface area (Å²) in [5, 5.41) is 19.7. The summed E-state index contributed by atoms with van der Waals surface area (Å²) in [7, 11) is 3.21. The topological polar surface area (TPSA) is 244 Å². The number of aryl methyl sites for hydroxylation is 1. The number of aliphatic hydroxyl groups excluding tert-OH is 1. The second kappa shape index (κ2) is 41.7. The molecule has 1 heterocycles. The van der Waals surface area contributed by atoms with Crippen molar-refractivity contribution in [2.24, 2.45) is 33.5 Å². The monoisotopic (exact) mass is 1450 g/mol. The summed E-state index contributed by atoms with van der Waals surface area (Å²) in [6, 6.07) is 21.9. The average molecular weight is 1450 g/mol. The second-order valence-electron chi connectivity index (χ2n) is 29.1. The first kappa shape index (κ1) is 96.1. The fourth-order valence-electron chi connectivity index (χ4n) is 12.3. The van der Waals surface area contributed by atoms with Gasteiger partial charge in [-0.2, -0.15) is 0 Å². The minimum Gasteiger partial charge on any atom is -0.507 e. The Morgan fingerprint density at radius 3 is 1.59 bits per heavy atom. The molecule has 3 saturated carbocycles. The summed E-state index contributed by atoms with van der Waals surface area (Å²) in [6.45, 7) is 33.9. The molecule has 9 atom stereocenters. The maximum atomic E-state index is 13.1. The van der Waals surface area contributed by atoms with Crippen molar-refractivity contribution in [1.82, 2.24) is 0 Å². The molecule has 1 saturated heterocycles. The summed E-state index contributed by atoms with van der Waals surface area (Å²) in [5.74, 6) is -2.34. The van der Waals surface area contributed by atoms with Crippen molar-refractivity contribution < 1.29 is 91.1 Å². The Morgan fingerprint density at radius 1 is 0.612 bits per heavy atom. The standard InChI is InChI=1S/C30H42O5.C24H30O8.C24H38O6.6CH4/c1-6-30(4,5)29(31)35-27-17-13-12-16-26(27)34-28-24(20-32-7-2)18-23(19-25(28)21-33-8-3)22-14-10-9-11-15-22;1-5-23(3,4)20(27)31-18-13-8-16-19(18)32-22(29)24(16,9-13)21(28)30-11-15-7-12(2)6-14(10-25)17(15)26;1-11-24(7,8)22(26)29-14-20(25)30-21-18(15(2)27-9)12-17(23(4,5)6)13-19(21)16(3)28-10;;;;;;/h9-11,14-15,18-19,26-27H,6-8,12-13,16-17,20-21H2,1-5H3;6-7,13,16,18-19,25-26H,5,8-11H2,1-4H3;12-13,15-16H,11,14H2,1-10H3;6*1H4. The first-order valence-corrected chi connectivity index (χ1v) is 34.6. The first-order valence-electron chi connectivity index (χ1n) is 34.6. The Kier molecular flexibility index (Phi) is 38.9. The molecule has 2 N–H and O–H groups in total. The molecule has 103 heavy (non-hydrogen) atoms. The van der Waals surface area contributed by atoms with E-state index in [0.717, 1.165) is 82.4 Å². The number of aromatic hydroxyl groups is 1. The lowest BCUT2D eigenvalue weighted by atomic mass is 9.73. The number of phenols is 1. The number of ether oxygens (including phenoxy) is 11. The number of carbonyl (C=O) groups is 6. The van der Waals surface area contributed by atoms with Gasteiger partial charge in [0.2, 0.25) is 0 Å². The van der Waals surface area contributed by atoms with E-state index in [-0.39, 0.29) is 118 Å². The molecular formula is C84H134O19. The van der Waals surface area contributed by atoms with E-state index in [0.29, 0.717) is 62.6 Å². The minimum absolute atomic E-state index is 0. The van der Waals surface area contributed by atoms with Crippen LogP contribution in [0.25, 0.3) is 11.1 Å². The predicted octanol–water partition coefficient (Wildman–Crippen LogP) is 18.7. The van der Waals surface area contributed by atoms with Crippen LogP contribution in [-0.2, 0) is 103 Å². The summed E-state index contributed by atoms with van der Waals surface area (Å²) in [4.78, 5) is 76.1. The van der Waals surface area contributed by atoms with Crippen LogP contribution < -0.4 is 9.47 Å². The summed E-state index contributed by atoms with van der Waals surface area (Å²) in [6.07, 6.45) is 4.27. The molecular weight excluding hydrogens is 1310 g/mol. The zero-order chi connectivity index (χ0) is 72.0. The lowest BCUT2D eigenvalue weighted by Crippen LogP contribution is -2.46. The zero-order valence-corrected chi connectivity index (χ0v) is 61.1. The van der Waals surface area contributed by atoms with Crippen LogP contribution in [0.1, 0.15) is 270 Å². The van der Waals surface area contributed by atoms with Crippen molar-refractivity contribution >= 4 is 35.8 Å². The summed E-state index contributed by atoms with van der Waals surface area (Å²) < 4.78 is 63.2. The average Bonchev–Trinajstić information content (AvgIpc) is 1.53.